The molecule has 0 aliphatic heterocycles. The summed E-state index contributed by atoms with van der Waals surface area (Å²) in [5.41, 5.74) is 5.41. The van der Waals surface area contributed by atoms with E-state index in [1.54, 1.807) is 18.2 Å². The van der Waals surface area contributed by atoms with Gasteiger partial charge in [-0.2, -0.15) is 0 Å². The van der Waals surface area contributed by atoms with Crippen molar-refractivity contribution in [2.75, 3.05) is 0 Å². The van der Waals surface area contributed by atoms with Crippen LogP contribution in [0.3, 0.4) is 0 Å². The summed E-state index contributed by atoms with van der Waals surface area (Å²) in [7, 11) is 0. The minimum absolute atomic E-state index is 0.141. The van der Waals surface area contributed by atoms with Crippen LogP contribution in [-0.2, 0) is 0 Å². The third-order valence-electron chi connectivity index (χ3n) is 1.15. The van der Waals surface area contributed by atoms with Crippen LogP contribution in [0.25, 0.3) is 0 Å². The summed E-state index contributed by atoms with van der Waals surface area (Å²) in [5.74, 6) is 0.141. The highest BCUT2D eigenvalue weighted by atomic mass is 32.1. The summed E-state index contributed by atoms with van der Waals surface area (Å²) in [6.07, 6.45) is 4.93. The molecule has 0 aromatic rings. The summed E-state index contributed by atoms with van der Waals surface area (Å²) < 4.78 is 0. The van der Waals surface area contributed by atoms with E-state index >= 15 is 0 Å². The average Bonchev–Trinajstić information content (AvgIpc) is 1.83. The van der Waals surface area contributed by atoms with Crippen LogP contribution in [0.4, 0.5) is 0 Å². The van der Waals surface area contributed by atoms with Crippen molar-refractivity contribution in [2.24, 2.45) is 5.73 Å². The Morgan fingerprint density at radius 3 is 2.78 bits per heavy atom. The summed E-state index contributed by atoms with van der Waals surface area (Å²) in [5, 5.41) is 8.95. The van der Waals surface area contributed by atoms with Gasteiger partial charge in [0.2, 0.25) is 0 Å². The van der Waals surface area contributed by atoms with E-state index in [-0.39, 0.29) is 5.76 Å². The maximum atomic E-state index is 8.95. The van der Waals surface area contributed by atoms with Gasteiger partial charge in [-0.1, -0.05) is 18.3 Å². The Balaban J connectivity index is 2.86. The van der Waals surface area contributed by atoms with Crippen molar-refractivity contribution in [2.45, 2.75) is 6.04 Å². The van der Waals surface area contributed by atoms with Crippen molar-refractivity contribution in [1.29, 1.82) is 0 Å². The molecule has 9 heavy (non-hydrogen) atoms. The van der Waals surface area contributed by atoms with Crippen LogP contribution < -0.4 is 5.73 Å². The SMILES string of the molecule is NC1C(=S)C=CC=C1O. The molecule has 1 rings (SSSR count). The van der Waals surface area contributed by atoms with Crippen molar-refractivity contribution in [1.82, 2.24) is 0 Å². The summed E-state index contributed by atoms with van der Waals surface area (Å²) in [6, 6.07) is -0.468. The first-order valence-corrected chi connectivity index (χ1v) is 2.99. The molecule has 0 aromatic carbocycles. The minimum Gasteiger partial charge on any atom is -0.510 e. The van der Waals surface area contributed by atoms with E-state index in [1.807, 2.05) is 0 Å². The van der Waals surface area contributed by atoms with E-state index in [0.29, 0.717) is 4.86 Å². The van der Waals surface area contributed by atoms with Crippen LogP contribution in [0.1, 0.15) is 0 Å². The van der Waals surface area contributed by atoms with Gasteiger partial charge in [0.15, 0.2) is 0 Å². The molecular formula is C6H7NOS. The van der Waals surface area contributed by atoms with Crippen molar-refractivity contribution in [3.05, 3.63) is 24.0 Å². The molecule has 1 atom stereocenters. The first kappa shape index (κ1) is 6.45. The molecule has 0 spiro atoms. The highest BCUT2D eigenvalue weighted by molar-refractivity contribution is 7.80. The average molecular weight is 141 g/mol. The zero-order chi connectivity index (χ0) is 6.85. The van der Waals surface area contributed by atoms with Crippen LogP contribution >= 0.6 is 12.2 Å². The van der Waals surface area contributed by atoms with Crippen LogP contribution in [-0.4, -0.2) is 16.0 Å². The second-order valence-corrected chi connectivity index (χ2v) is 2.30. The lowest BCUT2D eigenvalue weighted by molar-refractivity contribution is 0.390. The summed E-state index contributed by atoms with van der Waals surface area (Å²) in [4.78, 5) is 0.579. The zero-order valence-corrected chi connectivity index (χ0v) is 5.56. The molecule has 1 unspecified atom stereocenters. The molecule has 48 valence electrons. The predicted molar refractivity (Wildman–Crippen MR) is 40.4 cm³/mol. The lowest BCUT2D eigenvalue weighted by Gasteiger charge is -2.11. The van der Waals surface area contributed by atoms with E-state index < -0.39 is 6.04 Å². The van der Waals surface area contributed by atoms with Gasteiger partial charge >= 0.3 is 0 Å². The second-order valence-electron chi connectivity index (χ2n) is 1.83. The van der Waals surface area contributed by atoms with Crippen molar-refractivity contribution >= 4 is 17.1 Å². The fourth-order valence-corrected chi connectivity index (χ4v) is 0.794. The van der Waals surface area contributed by atoms with Crippen LogP contribution in [0, 0.1) is 0 Å². The fourth-order valence-electron chi connectivity index (χ4n) is 0.595. The number of aliphatic hydroxyl groups excluding tert-OH is 1. The number of hydrogen-bond acceptors (Lipinski definition) is 3. The Bertz CT molecular complexity index is 195. The smallest absolute Gasteiger partial charge is 0.114 e. The van der Waals surface area contributed by atoms with Gasteiger partial charge in [0.1, 0.15) is 5.76 Å². The Morgan fingerprint density at radius 1 is 1.67 bits per heavy atom. The lowest BCUT2D eigenvalue weighted by Crippen LogP contribution is -2.31. The predicted octanol–water partition coefficient (Wildman–Crippen LogP) is 0.695. The number of rotatable bonds is 0. The maximum Gasteiger partial charge on any atom is 0.114 e. The Hall–Kier alpha value is -0.670. The molecule has 0 fully saturated rings. The molecule has 0 aromatic heterocycles. The highest BCUT2D eigenvalue weighted by Gasteiger charge is 2.12. The number of aliphatic hydroxyl groups is 1. The molecule has 0 heterocycles. The van der Waals surface area contributed by atoms with Gasteiger partial charge in [0.25, 0.3) is 0 Å². The number of nitrogens with two attached hydrogens (primary N) is 1. The molecule has 3 N–H and O–H groups in total. The quantitative estimate of drug-likeness (QED) is 0.488. The van der Waals surface area contributed by atoms with E-state index in [4.69, 9.17) is 23.1 Å². The largest absolute Gasteiger partial charge is 0.510 e. The van der Waals surface area contributed by atoms with Crippen LogP contribution in [0.15, 0.2) is 24.0 Å². The Labute approximate surface area is 58.7 Å². The van der Waals surface area contributed by atoms with Crippen LogP contribution in [0.5, 0.6) is 0 Å². The summed E-state index contributed by atoms with van der Waals surface area (Å²) >= 11 is 4.79. The molecule has 2 nitrogen and oxygen atoms in total. The van der Waals surface area contributed by atoms with Gasteiger partial charge in [0, 0.05) is 4.86 Å². The zero-order valence-electron chi connectivity index (χ0n) is 4.74. The van der Waals surface area contributed by atoms with Crippen LogP contribution in [0.2, 0.25) is 0 Å². The van der Waals surface area contributed by atoms with E-state index in [1.165, 1.54) is 0 Å². The van der Waals surface area contributed by atoms with Crippen molar-refractivity contribution in [3.63, 3.8) is 0 Å². The number of thiocarbonyl (C=S) groups is 1. The van der Waals surface area contributed by atoms with Gasteiger partial charge in [-0.25, -0.2) is 0 Å². The Morgan fingerprint density at radius 2 is 2.33 bits per heavy atom. The molecule has 0 radical (unpaired) electrons. The third kappa shape index (κ3) is 1.17. The first-order chi connectivity index (χ1) is 4.22. The van der Waals surface area contributed by atoms with Crippen molar-refractivity contribution in [3.8, 4) is 0 Å². The molecule has 0 saturated heterocycles. The standard InChI is InChI=1S/C6H7NOS/c7-6-4(8)2-1-3-5(6)9/h1-3,6,8H,7H2. The number of allylic oxidation sites excluding steroid dienone is 2. The van der Waals surface area contributed by atoms with E-state index in [9.17, 15) is 0 Å². The normalized spacial score (nSPS) is 26.1. The lowest BCUT2D eigenvalue weighted by atomic mass is 10.1. The highest BCUT2D eigenvalue weighted by Crippen LogP contribution is 2.05. The Kier molecular flexibility index (Phi) is 1.64. The monoisotopic (exact) mass is 141 g/mol. The second kappa shape index (κ2) is 2.29. The molecule has 0 bridgehead atoms. The molecule has 1 aliphatic carbocycles. The van der Waals surface area contributed by atoms with Gasteiger partial charge in [-0.05, 0) is 12.2 Å². The molecule has 0 amide bonds. The van der Waals surface area contributed by atoms with Crippen molar-refractivity contribution < 1.29 is 5.11 Å². The third-order valence-corrected chi connectivity index (χ3v) is 1.54. The van der Waals surface area contributed by atoms with E-state index in [0.717, 1.165) is 0 Å². The summed E-state index contributed by atoms with van der Waals surface area (Å²) in [6.45, 7) is 0. The van der Waals surface area contributed by atoms with Gasteiger partial charge < -0.3 is 10.8 Å². The first-order valence-electron chi connectivity index (χ1n) is 2.58. The molecular weight excluding hydrogens is 134 g/mol. The molecule has 1 aliphatic rings. The van der Waals surface area contributed by atoms with Gasteiger partial charge in [0.05, 0.1) is 6.04 Å². The van der Waals surface area contributed by atoms with Gasteiger partial charge in [-0.15, -0.1) is 0 Å². The van der Waals surface area contributed by atoms with E-state index in [2.05, 4.69) is 0 Å². The number of hydrogen-bond donors (Lipinski definition) is 2. The topological polar surface area (TPSA) is 46.2 Å². The molecule has 3 heteroatoms. The molecule has 0 saturated carbocycles. The fraction of sp³-hybridized carbons (Fsp3) is 0.167. The minimum atomic E-state index is -0.468. The van der Waals surface area contributed by atoms with Gasteiger partial charge in [-0.3, -0.25) is 0 Å². The maximum absolute atomic E-state index is 8.95.